The normalized spacial score (nSPS) is 10.7. The average Bonchev–Trinajstić information content (AvgIpc) is 3.51. The van der Waals surface area contributed by atoms with Gasteiger partial charge in [0.2, 0.25) is 5.91 Å². The Balaban J connectivity index is 1.44. The summed E-state index contributed by atoms with van der Waals surface area (Å²) < 4.78 is 12.7. The van der Waals surface area contributed by atoms with Crippen molar-refractivity contribution in [3.63, 3.8) is 0 Å². The lowest BCUT2D eigenvalue weighted by molar-refractivity contribution is -0.113. The number of hydrogen-bond donors (Lipinski definition) is 1. The van der Waals surface area contributed by atoms with E-state index in [9.17, 15) is 9.59 Å². The fraction of sp³-hybridized carbons (Fsp3) is 0.185. The van der Waals surface area contributed by atoms with Gasteiger partial charge in [-0.05, 0) is 36.8 Å². The Morgan fingerprint density at radius 2 is 1.89 bits per heavy atom. The molecule has 11 heteroatoms. The van der Waals surface area contributed by atoms with Gasteiger partial charge < -0.3 is 14.8 Å². The van der Waals surface area contributed by atoms with Crippen molar-refractivity contribution in [2.24, 2.45) is 0 Å². The largest absolute Gasteiger partial charge is 0.486 e. The second-order valence-electron chi connectivity index (χ2n) is 8.09. The molecule has 0 spiro atoms. The Kier molecular flexibility index (Phi) is 9.22. The van der Waals surface area contributed by atoms with Gasteiger partial charge in [0, 0.05) is 22.5 Å². The third-order valence-electron chi connectivity index (χ3n) is 5.42. The van der Waals surface area contributed by atoms with Crippen molar-refractivity contribution in [2.75, 3.05) is 18.2 Å². The lowest BCUT2D eigenvalue weighted by Crippen LogP contribution is -2.16. The highest BCUT2D eigenvalue weighted by atomic mass is 35.5. The van der Waals surface area contributed by atoms with Gasteiger partial charge in [0.25, 0.3) is 0 Å². The lowest BCUT2D eigenvalue weighted by atomic mass is 10.0. The monoisotopic (exact) mass is 568 g/mol. The second-order valence-corrected chi connectivity index (χ2v) is 10.3. The van der Waals surface area contributed by atoms with Crippen LogP contribution < -0.4 is 10.1 Å². The Bertz CT molecular complexity index is 1430. The summed E-state index contributed by atoms with van der Waals surface area (Å²) in [6, 6.07) is 14.8. The minimum atomic E-state index is -0.539. The molecule has 8 nitrogen and oxygen atoms in total. The van der Waals surface area contributed by atoms with E-state index in [2.05, 4.69) is 22.1 Å². The van der Waals surface area contributed by atoms with Crippen LogP contribution in [0.2, 0.25) is 5.02 Å². The fourth-order valence-electron chi connectivity index (χ4n) is 3.52. The molecule has 0 aliphatic carbocycles. The first-order chi connectivity index (χ1) is 18.4. The van der Waals surface area contributed by atoms with Crippen LogP contribution in [0.5, 0.6) is 5.75 Å². The standard InChI is InChI=1S/C27H25ClN4O4S2/c1-4-13-32-22(14-36-20-11-5-17(2)6-12-20)30-31-27(32)38-16-23(33)29-25-24(26(34)35-3)21(15-37-25)18-7-9-19(28)10-8-18/h4-12,15H,1,13-14,16H2,2-3H3,(H,29,33). The number of methoxy groups -OCH3 is 1. The zero-order valence-electron chi connectivity index (χ0n) is 20.8. The predicted octanol–water partition coefficient (Wildman–Crippen LogP) is 6.25. The van der Waals surface area contributed by atoms with Gasteiger partial charge in [0.05, 0.1) is 12.9 Å². The maximum atomic E-state index is 12.9. The molecule has 0 bridgehead atoms. The number of aryl methyl sites for hydroxylation is 1. The van der Waals surface area contributed by atoms with Crippen molar-refractivity contribution in [3.8, 4) is 16.9 Å². The molecule has 0 aliphatic heterocycles. The number of thiophene rings is 1. The number of aromatic nitrogens is 3. The molecule has 0 aliphatic rings. The summed E-state index contributed by atoms with van der Waals surface area (Å²) in [5.41, 5.74) is 2.89. The van der Waals surface area contributed by atoms with E-state index in [1.54, 1.807) is 23.6 Å². The maximum Gasteiger partial charge on any atom is 0.341 e. The number of thioether (sulfide) groups is 1. The number of carbonyl (C=O) groups excluding carboxylic acids is 2. The number of esters is 1. The molecule has 1 amide bonds. The summed E-state index contributed by atoms with van der Waals surface area (Å²) in [4.78, 5) is 25.4. The summed E-state index contributed by atoms with van der Waals surface area (Å²) in [7, 11) is 1.31. The third kappa shape index (κ3) is 6.63. The average molecular weight is 569 g/mol. The van der Waals surface area contributed by atoms with Crippen LogP contribution in [0.4, 0.5) is 5.00 Å². The second kappa shape index (κ2) is 12.8. The molecule has 0 fully saturated rings. The first-order valence-corrected chi connectivity index (χ1v) is 13.7. The van der Waals surface area contributed by atoms with Crippen LogP contribution in [0, 0.1) is 6.92 Å². The van der Waals surface area contributed by atoms with Crippen molar-refractivity contribution in [3.05, 3.63) is 88.5 Å². The van der Waals surface area contributed by atoms with E-state index in [-0.39, 0.29) is 18.3 Å². The van der Waals surface area contributed by atoms with E-state index >= 15 is 0 Å². The molecule has 0 saturated carbocycles. The van der Waals surface area contributed by atoms with E-state index in [1.165, 1.54) is 30.2 Å². The molecule has 196 valence electrons. The Morgan fingerprint density at radius 3 is 2.58 bits per heavy atom. The van der Waals surface area contributed by atoms with Gasteiger partial charge in [0.15, 0.2) is 11.0 Å². The molecular weight excluding hydrogens is 544 g/mol. The highest BCUT2D eigenvalue weighted by molar-refractivity contribution is 7.99. The van der Waals surface area contributed by atoms with Gasteiger partial charge in [-0.3, -0.25) is 9.36 Å². The van der Waals surface area contributed by atoms with Gasteiger partial charge in [-0.1, -0.05) is 59.3 Å². The first-order valence-electron chi connectivity index (χ1n) is 11.5. The molecule has 0 radical (unpaired) electrons. The smallest absolute Gasteiger partial charge is 0.341 e. The molecule has 0 saturated heterocycles. The number of nitrogens with one attached hydrogen (secondary N) is 1. The zero-order valence-corrected chi connectivity index (χ0v) is 23.2. The molecule has 1 N–H and O–H groups in total. The number of carbonyl (C=O) groups is 2. The number of benzene rings is 2. The lowest BCUT2D eigenvalue weighted by Gasteiger charge is -2.10. The number of rotatable bonds is 11. The molecule has 4 rings (SSSR count). The van der Waals surface area contributed by atoms with Crippen LogP contribution in [0.1, 0.15) is 21.7 Å². The Hall–Kier alpha value is -3.60. The first kappa shape index (κ1) is 27.4. The van der Waals surface area contributed by atoms with E-state index in [0.717, 1.165) is 16.9 Å². The number of ether oxygens (including phenoxy) is 2. The van der Waals surface area contributed by atoms with E-state index in [1.807, 2.05) is 47.9 Å². The minimum absolute atomic E-state index is 0.0584. The molecule has 0 atom stereocenters. The molecular formula is C27H25ClN4O4S2. The predicted molar refractivity (Wildman–Crippen MR) is 151 cm³/mol. The van der Waals surface area contributed by atoms with Crippen LogP contribution in [0.3, 0.4) is 0 Å². The van der Waals surface area contributed by atoms with Gasteiger partial charge >= 0.3 is 5.97 Å². The number of hydrogen-bond acceptors (Lipinski definition) is 8. The van der Waals surface area contributed by atoms with Crippen LogP contribution in [-0.2, 0) is 22.7 Å². The molecule has 2 aromatic carbocycles. The Labute approximate surface area is 233 Å². The number of allylic oxidation sites excluding steroid dienone is 1. The quantitative estimate of drug-likeness (QED) is 0.130. The molecule has 2 aromatic heterocycles. The van der Waals surface area contributed by atoms with Crippen molar-refractivity contribution < 1.29 is 19.1 Å². The van der Waals surface area contributed by atoms with E-state index in [4.69, 9.17) is 21.1 Å². The van der Waals surface area contributed by atoms with Crippen LogP contribution >= 0.6 is 34.7 Å². The number of anilines is 1. The fourth-order valence-corrected chi connectivity index (χ4v) is 5.38. The summed E-state index contributed by atoms with van der Waals surface area (Å²) >= 11 is 8.48. The van der Waals surface area contributed by atoms with Gasteiger partial charge in [-0.15, -0.1) is 28.1 Å². The molecule has 4 aromatic rings. The number of halogens is 1. The summed E-state index contributed by atoms with van der Waals surface area (Å²) in [6.45, 7) is 6.51. The summed E-state index contributed by atoms with van der Waals surface area (Å²) in [5.74, 6) is 0.571. The number of amides is 1. The third-order valence-corrected chi connectivity index (χ3v) is 7.53. The van der Waals surface area contributed by atoms with Crippen molar-refractivity contribution in [2.45, 2.75) is 25.2 Å². The van der Waals surface area contributed by atoms with Crippen molar-refractivity contribution in [1.29, 1.82) is 0 Å². The van der Waals surface area contributed by atoms with E-state index in [0.29, 0.717) is 38.7 Å². The van der Waals surface area contributed by atoms with Crippen molar-refractivity contribution in [1.82, 2.24) is 14.8 Å². The van der Waals surface area contributed by atoms with Gasteiger partial charge in [-0.2, -0.15) is 0 Å². The highest BCUT2D eigenvalue weighted by Gasteiger charge is 2.23. The van der Waals surface area contributed by atoms with Gasteiger partial charge in [0.1, 0.15) is 22.9 Å². The van der Waals surface area contributed by atoms with Crippen molar-refractivity contribution >= 4 is 51.6 Å². The van der Waals surface area contributed by atoms with Crippen LogP contribution in [0.25, 0.3) is 11.1 Å². The topological polar surface area (TPSA) is 95.3 Å². The highest BCUT2D eigenvalue weighted by Crippen LogP contribution is 2.36. The molecule has 38 heavy (non-hydrogen) atoms. The van der Waals surface area contributed by atoms with Crippen LogP contribution in [0.15, 0.2) is 71.7 Å². The molecule has 0 unspecified atom stereocenters. The van der Waals surface area contributed by atoms with E-state index < -0.39 is 5.97 Å². The number of nitrogens with zero attached hydrogens (tertiary/aromatic N) is 3. The van der Waals surface area contributed by atoms with Gasteiger partial charge in [-0.25, -0.2) is 4.79 Å². The summed E-state index contributed by atoms with van der Waals surface area (Å²) in [6.07, 6.45) is 1.73. The van der Waals surface area contributed by atoms with Crippen LogP contribution in [-0.4, -0.2) is 39.5 Å². The molecule has 2 heterocycles. The summed E-state index contributed by atoms with van der Waals surface area (Å²) in [5, 5.41) is 14.7. The minimum Gasteiger partial charge on any atom is -0.486 e. The Morgan fingerprint density at radius 1 is 1.16 bits per heavy atom. The maximum absolute atomic E-state index is 12.9. The zero-order chi connectivity index (χ0) is 27.1. The SMILES string of the molecule is C=CCn1c(COc2ccc(C)cc2)nnc1SCC(=O)Nc1scc(-c2ccc(Cl)cc2)c1C(=O)OC.